The van der Waals surface area contributed by atoms with Gasteiger partial charge in [-0.05, 0) is 17.7 Å². The molecule has 0 radical (unpaired) electrons. The SMILES string of the molecule is COc1ccc2[nH]c(Cc3ccc(F)cc3F)nc2n1. The van der Waals surface area contributed by atoms with Gasteiger partial charge < -0.3 is 9.72 Å². The summed E-state index contributed by atoms with van der Waals surface area (Å²) in [7, 11) is 1.52. The zero-order valence-electron chi connectivity index (χ0n) is 10.7. The lowest BCUT2D eigenvalue weighted by Crippen LogP contribution is -1.95. The quantitative estimate of drug-likeness (QED) is 0.799. The van der Waals surface area contributed by atoms with E-state index in [9.17, 15) is 8.78 Å². The summed E-state index contributed by atoms with van der Waals surface area (Å²) in [5.74, 6) is -0.159. The monoisotopic (exact) mass is 275 g/mol. The molecule has 0 atom stereocenters. The summed E-state index contributed by atoms with van der Waals surface area (Å²) in [4.78, 5) is 11.5. The number of ether oxygens (including phenoxy) is 1. The predicted octanol–water partition coefficient (Wildman–Crippen LogP) is 2.84. The van der Waals surface area contributed by atoms with Crippen molar-refractivity contribution in [1.82, 2.24) is 15.0 Å². The van der Waals surface area contributed by atoms with Gasteiger partial charge in [-0.2, -0.15) is 4.98 Å². The fraction of sp³-hybridized carbons (Fsp3) is 0.143. The van der Waals surface area contributed by atoms with Crippen LogP contribution in [0.25, 0.3) is 11.2 Å². The third-order valence-corrected chi connectivity index (χ3v) is 2.95. The van der Waals surface area contributed by atoms with Crippen molar-refractivity contribution < 1.29 is 13.5 Å². The smallest absolute Gasteiger partial charge is 0.215 e. The van der Waals surface area contributed by atoms with Gasteiger partial charge in [-0.3, -0.25) is 0 Å². The Kier molecular flexibility index (Phi) is 3.06. The molecule has 1 aromatic carbocycles. The fourth-order valence-electron chi connectivity index (χ4n) is 1.97. The maximum atomic E-state index is 13.6. The Labute approximate surface area is 113 Å². The van der Waals surface area contributed by atoms with Crippen molar-refractivity contribution in [1.29, 1.82) is 0 Å². The molecule has 0 unspecified atom stereocenters. The minimum Gasteiger partial charge on any atom is -0.481 e. The molecule has 20 heavy (non-hydrogen) atoms. The summed E-state index contributed by atoms with van der Waals surface area (Å²) < 4.78 is 31.5. The largest absolute Gasteiger partial charge is 0.481 e. The molecular weight excluding hydrogens is 264 g/mol. The molecule has 0 aliphatic rings. The Hall–Kier alpha value is -2.50. The molecule has 3 aromatic rings. The second kappa shape index (κ2) is 4.88. The van der Waals surface area contributed by atoms with Gasteiger partial charge in [0.25, 0.3) is 0 Å². The highest BCUT2D eigenvalue weighted by atomic mass is 19.1. The average molecular weight is 275 g/mol. The molecule has 2 aromatic heterocycles. The van der Waals surface area contributed by atoms with Gasteiger partial charge in [0, 0.05) is 18.6 Å². The highest BCUT2D eigenvalue weighted by Crippen LogP contribution is 2.17. The number of methoxy groups -OCH3 is 1. The van der Waals surface area contributed by atoms with E-state index in [1.165, 1.54) is 19.2 Å². The Morgan fingerprint density at radius 3 is 2.75 bits per heavy atom. The molecule has 0 spiro atoms. The molecule has 0 amide bonds. The van der Waals surface area contributed by atoms with Crippen molar-refractivity contribution in [3.05, 3.63) is 53.4 Å². The first-order chi connectivity index (χ1) is 9.65. The highest BCUT2D eigenvalue weighted by molar-refractivity contribution is 5.71. The Morgan fingerprint density at radius 2 is 2.00 bits per heavy atom. The number of pyridine rings is 1. The second-order valence-electron chi connectivity index (χ2n) is 4.32. The normalized spacial score (nSPS) is 10.9. The fourth-order valence-corrected chi connectivity index (χ4v) is 1.97. The van der Waals surface area contributed by atoms with E-state index >= 15 is 0 Å². The predicted molar refractivity (Wildman–Crippen MR) is 69.6 cm³/mol. The van der Waals surface area contributed by atoms with Gasteiger partial charge in [0.05, 0.1) is 12.6 Å². The van der Waals surface area contributed by atoms with Crippen molar-refractivity contribution in [2.45, 2.75) is 6.42 Å². The van der Waals surface area contributed by atoms with E-state index in [0.717, 1.165) is 11.6 Å². The summed E-state index contributed by atoms with van der Waals surface area (Å²) in [6.07, 6.45) is 0.241. The minimum absolute atomic E-state index is 0.241. The van der Waals surface area contributed by atoms with E-state index in [2.05, 4.69) is 15.0 Å². The molecule has 3 rings (SSSR count). The van der Waals surface area contributed by atoms with E-state index in [0.29, 0.717) is 22.9 Å². The number of imidazole rings is 1. The third kappa shape index (κ3) is 2.32. The lowest BCUT2D eigenvalue weighted by molar-refractivity contribution is 0.399. The number of nitrogens with one attached hydrogen (secondary N) is 1. The van der Waals surface area contributed by atoms with Crippen LogP contribution >= 0.6 is 0 Å². The summed E-state index contributed by atoms with van der Waals surface area (Å²) >= 11 is 0. The van der Waals surface area contributed by atoms with E-state index in [1.54, 1.807) is 12.1 Å². The first-order valence-corrected chi connectivity index (χ1v) is 5.99. The number of aromatic amines is 1. The average Bonchev–Trinajstić information content (AvgIpc) is 2.83. The van der Waals surface area contributed by atoms with Gasteiger partial charge in [0.1, 0.15) is 17.5 Å². The summed E-state index contributed by atoms with van der Waals surface area (Å²) in [6, 6.07) is 6.99. The van der Waals surface area contributed by atoms with Crippen LogP contribution in [0.1, 0.15) is 11.4 Å². The van der Waals surface area contributed by atoms with Crippen molar-refractivity contribution in [3.63, 3.8) is 0 Å². The molecule has 0 saturated heterocycles. The molecule has 0 saturated carbocycles. The number of halogens is 2. The summed E-state index contributed by atoms with van der Waals surface area (Å²) in [5, 5.41) is 0. The number of aromatic nitrogens is 3. The summed E-state index contributed by atoms with van der Waals surface area (Å²) in [5.41, 5.74) is 1.61. The molecule has 102 valence electrons. The molecule has 6 heteroatoms. The van der Waals surface area contributed by atoms with Gasteiger partial charge in [0.2, 0.25) is 5.88 Å². The number of rotatable bonds is 3. The molecule has 0 aliphatic heterocycles. The lowest BCUT2D eigenvalue weighted by atomic mass is 10.1. The van der Waals surface area contributed by atoms with E-state index < -0.39 is 11.6 Å². The number of hydrogen-bond acceptors (Lipinski definition) is 3. The number of nitrogens with zero attached hydrogens (tertiary/aromatic N) is 2. The molecule has 0 aliphatic carbocycles. The van der Waals surface area contributed by atoms with E-state index in [1.807, 2.05) is 0 Å². The topological polar surface area (TPSA) is 50.8 Å². The molecule has 4 nitrogen and oxygen atoms in total. The van der Waals surface area contributed by atoms with Crippen LogP contribution in [0.3, 0.4) is 0 Å². The summed E-state index contributed by atoms with van der Waals surface area (Å²) in [6.45, 7) is 0. The highest BCUT2D eigenvalue weighted by Gasteiger charge is 2.09. The number of hydrogen-bond donors (Lipinski definition) is 1. The van der Waals surface area contributed by atoms with Gasteiger partial charge in [0.15, 0.2) is 5.65 Å². The molecular formula is C14H11F2N3O. The van der Waals surface area contributed by atoms with Crippen LogP contribution < -0.4 is 4.74 Å². The Bertz CT molecular complexity index is 770. The van der Waals surface area contributed by atoms with Gasteiger partial charge in [-0.15, -0.1) is 0 Å². The van der Waals surface area contributed by atoms with Crippen LogP contribution in [0.15, 0.2) is 30.3 Å². The number of H-pyrrole nitrogens is 1. The van der Waals surface area contributed by atoms with Gasteiger partial charge >= 0.3 is 0 Å². The van der Waals surface area contributed by atoms with Crippen molar-refractivity contribution >= 4 is 11.2 Å². The zero-order chi connectivity index (χ0) is 14.1. The van der Waals surface area contributed by atoms with Crippen molar-refractivity contribution in [3.8, 4) is 5.88 Å². The van der Waals surface area contributed by atoms with Crippen LogP contribution in [-0.2, 0) is 6.42 Å². The second-order valence-corrected chi connectivity index (χ2v) is 4.32. The molecule has 1 N–H and O–H groups in total. The molecule has 0 bridgehead atoms. The standard InChI is InChI=1S/C14H11F2N3O/c1-20-13-5-4-11-14(19-13)18-12(17-11)6-8-2-3-9(15)7-10(8)16/h2-5,7H,6H2,1H3,(H,17,18,19). The van der Waals surface area contributed by atoms with E-state index in [4.69, 9.17) is 4.74 Å². The first kappa shape index (κ1) is 12.5. The Balaban J connectivity index is 1.94. The van der Waals surface area contributed by atoms with Crippen LogP contribution in [0.5, 0.6) is 5.88 Å². The molecule has 2 heterocycles. The maximum Gasteiger partial charge on any atom is 0.215 e. The van der Waals surface area contributed by atoms with Crippen LogP contribution in [0.4, 0.5) is 8.78 Å². The van der Waals surface area contributed by atoms with Crippen molar-refractivity contribution in [2.24, 2.45) is 0 Å². The van der Waals surface area contributed by atoms with Crippen LogP contribution in [-0.4, -0.2) is 22.1 Å². The van der Waals surface area contributed by atoms with Crippen molar-refractivity contribution in [2.75, 3.05) is 7.11 Å². The lowest BCUT2D eigenvalue weighted by Gasteiger charge is -2.00. The van der Waals surface area contributed by atoms with Gasteiger partial charge in [-0.1, -0.05) is 6.07 Å². The van der Waals surface area contributed by atoms with Gasteiger partial charge in [-0.25, -0.2) is 13.8 Å². The van der Waals surface area contributed by atoms with Crippen LogP contribution in [0, 0.1) is 11.6 Å². The third-order valence-electron chi connectivity index (χ3n) is 2.95. The number of benzene rings is 1. The molecule has 0 fully saturated rings. The zero-order valence-corrected chi connectivity index (χ0v) is 10.7. The van der Waals surface area contributed by atoms with Crippen LogP contribution in [0.2, 0.25) is 0 Å². The first-order valence-electron chi connectivity index (χ1n) is 5.99. The minimum atomic E-state index is -0.595. The van der Waals surface area contributed by atoms with E-state index in [-0.39, 0.29) is 6.42 Å². The number of fused-ring (bicyclic) bond motifs is 1. The maximum absolute atomic E-state index is 13.6. The Morgan fingerprint density at radius 1 is 1.15 bits per heavy atom.